The van der Waals surface area contributed by atoms with E-state index >= 15 is 0 Å². The molecule has 2 aliphatic heterocycles. The van der Waals surface area contributed by atoms with Crippen molar-refractivity contribution < 1.29 is 9.53 Å². The molecule has 2 aliphatic rings. The molecule has 0 saturated carbocycles. The third-order valence-corrected chi connectivity index (χ3v) is 5.66. The summed E-state index contributed by atoms with van der Waals surface area (Å²) in [6.07, 6.45) is 2.48. The molecule has 0 amide bonds. The molecule has 142 valence electrons. The van der Waals surface area contributed by atoms with Gasteiger partial charge in [0.05, 0.1) is 11.1 Å². The Labute approximate surface area is 160 Å². The van der Waals surface area contributed by atoms with Crippen LogP contribution in [0.15, 0.2) is 42.5 Å². The van der Waals surface area contributed by atoms with Crippen LogP contribution in [0.4, 0.5) is 5.82 Å². The number of nitrogens with zero attached hydrogens (tertiary/aromatic N) is 4. The average Bonchev–Trinajstić information content (AvgIpc) is 2.97. The standard InChI is InChI=1S/C21H26N4O2/c1-24(2)15-17-14-21(20(26)27-17)10-12-25(13-11-21)19-9-8-18(22-23-19)16-6-4-3-5-7-16/h3-9,17H,10-15H2,1-2H3. The van der Waals surface area contributed by atoms with Crippen molar-refractivity contribution in [3.8, 4) is 11.3 Å². The van der Waals surface area contributed by atoms with Gasteiger partial charge >= 0.3 is 5.97 Å². The van der Waals surface area contributed by atoms with Crippen LogP contribution in [-0.2, 0) is 9.53 Å². The molecule has 3 heterocycles. The second-order valence-corrected chi connectivity index (χ2v) is 7.90. The zero-order valence-corrected chi connectivity index (χ0v) is 16.0. The minimum atomic E-state index is -0.311. The fraction of sp³-hybridized carbons (Fsp3) is 0.476. The van der Waals surface area contributed by atoms with Crippen LogP contribution in [0.5, 0.6) is 0 Å². The lowest BCUT2D eigenvalue weighted by Crippen LogP contribution is -2.43. The SMILES string of the molecule is CN(C)CC1CC2(CCN(c3ccc(-c4ccccc4)nn3)CC2)C(=O)O1. The summed E-state index contributed by atoms with van der Waals surface area (Å²) in [5.74, 6) is 0.861. The minimum absolute atomic E-state index is 0.0143. The topological polar surface area (TPSA) is 58.6 Å². The van der Waals surface area contributed by atoms with Gasteiger partial charge in [0.1, 0.15) is 6.10 Å². The zero-order chi connectivity index (χ0) is 18.9. The van der Waals surface area contributed by atoms with Gasteiger partial charge in [-0.05, 0) is 39.1 Å². The molecule has 1 spiro atoms. The summed E-state index contributed by atoms with van der Waals surface area (Å²) in [4.78, 5) is 16.8. The Balaban J connectivity index is 1.40. The molecule has 1 unspecified atom stereocenters. The number of esters is 1. The lowest BCUT2D eigenvalue weighted by Gasteiger charge is -2.37. The van der Waals surface area contributed by atoms with E-state index in [1.165, 1.54) is 0 Å². The normalized spacial score (nSPS) is 21.7. The maximum atomic E-state index is 12.5. The van der Waals surface area contributed by atoms with Crippen molar-refractivity contribution in [2.24, 2.45) is 5.41 Å². The van der Waals surface area contributed by atoms with Crippen LogP contribution in [0, 0.1) is 5.41 Å². The van der Waals surface area contributed by atoms with Gasteiger partial charge in [0, 0.05) is 31.6 Å². The summed E-state index contributed by atoms with van der Waals surface area (Å²) in [6, 6.07) is 14.1. The zero-order valence-electron chi connectivity index (χ0n) is 16.0. The van der Waals surface area contributed by atoms with E-state index in [2.05, 4.69) is 20.0 Å². The van der Waals surface area contributed by atoms with Crippen molar-refractivity contribution in [1.29, 1.82) is 0 Å². The first-order valence-electron chi connectivity index (χ1n) is 9.56. The number of hydrogen-bond donors (Lipinski definition) is 0. The van der Waals surface area contributed by atoms with Crippen LogP contribution in [0.2, 0.25) is 0 Å². The molecule has 2 aromatic rings. The first-order chi connectivity index (χ1) is 13.1. The second kappa shape index (κ2) is 7.27. The molecule has 2 saturated heterocycles. The van der Waals surface area contributed by atoms with E-state index in [1.807, 2.05) is 56.6 Å². The van der Waals surface area contributed by atoms with Crippen molar-refractivity contribution in [1.82, 2.24) is 15.1 Å². The number of hydrogen-bond acceptors (Lipinski definition) is 6. The van der Waals surface area contributed by atoms with E-state index in [1.54, 1.807) is 0 Å². The van der Waals surface area contributed by atoms with E-state index in [0.29, 0.717) is 0 Å². The van der Waals surface area contributed by atoms with Gasteiger partial charge < -0.3 is 14.5 Å². The molecule has 6 nitrogen and oxygen atoms in total. The van der Waals surface area contributed by atoms with Gasteiger partial charge in [0.25, 0.3) is 0 Å². The highest BCUT2D eigenvalue weighted by Crippen LogP contribution is 2.43. The van der Waals surface area contributed by atoms with E-state index in [0.717, 1.165) is 56.0 Å². The van der Waals surface area contributed by atoms with Crippen molar-refractivity contribution in [2.45, 2.75) is 25.4 Å². The largest absolute Gasteiger partial charge is 0.461 e. The smallest absolute Gasteiger partial charge is 0.312 e. The Morgan fingerprint density at radius 1 is 1.11 bits per heavy atom. The van der Waals surface area contributed by atoms with Crippen LogP contribution in [0.1, 0.15) is 19.3 Å². The Kier molecular flexibility index (Phi) is 4.83. The summed E-state index contributed by atoms with van der Waals surface area (Å²) in [7, 11) is 4.03. The van der Waals surface area contributed by atoms with E-state index in [-0.39, 0.29) is 17.5 Å². The van der Waals surface area contributed by atoms with Gasteiger partial charge in [-0.1, -0.05) is 30.3 Å². The molecule has 0 bridgehead atoms. The highest BCUT2D eigenvalue weighted by molar-refractivity contribution is 5.79. The monoisotopic (exact) mass is 366 g/mol. The van der Waals surface area contributed by atoms with Gasteiger partial charge in [0.2, 0.25) is 0 Å². The van der Waals surface area contributed by atoms with Crippen LogP contribution in [0.3, 0.4) is 0 Å². The van der Waals surface area contributed by atoms with Gasteiger partial charge in [-0.2, -0.15) is 0 Å². The first-order valence-corrected chi connectivity index (χ1v) is 9.56. The third-order valence-electron chi connectivity index (χ3n) is 5.66. The molecule has 1 aromatic heterocycles. The fourth-order valence-corrected chi connectivity index (χ4v) is 4.18. The second-order valence-electron chi connectivity index (χ2n) is 7.90. The molecule has 0 N–H and O–H groups in total. The van der Waals surface area contributed by atoms with E-state index in [4.69, 9.17) is 4.74 Å². The van der Waals surface area contributed by atoms with Crippen molar-refractivity contribution in [2.75, 3.05) is 38.6 Å². The molecule has 4 rings (SSSR count). The molecule has 27 heavy (non-hydrogen) atoms. The fourth-order valence-electron chi connectivity index (χ4n) is 4.18. The summed E-state index contributed by atoms with van der Waals surface area (Å²) >= 11 is 0. The predicted molar refractivity (Wildman–Crippen MR) is 104 cm³/mol. The number of likely N-dealkylation sites (N-methyl/N-ethyl adjacent to an activating group) is 1. The Hall–Kier alpha value is -2.47. The summed E-state index contributed by atoms with van der Waals surface area (Å²) in [5, 5.41) is 8.80. The van der Waals surface area contributed by atoms with Gasteiger partial charge in [-0.25, -0.2) is 0 Å². The lowest BCUT2D eigenvalue weighted by atomic mass is 9.76. The highest BCUT2D eigenvalue weighted by Gasteiger charge is 2.50. The predicted octanol–water partition coefficient (Wildman–Crippen LogP) is 2.61. The molecular weight excluding hydrogens is 340 g/mol. The molecule has 2 fully saturated rings. The van der Waals surface area contributed by atoms with Crippen LogP contribution in [-0.4, -0.2) is 60.9 Å². The molecule has 0 aliphatic carbocycles. The Morgan fingerprint density at radius 2 is 1.85 bits per heavy atom. The maximum absolute atomic E-state index is 12.5. The first kappa shape index (κ1) is 17.9. The van der Waals surface area contributed by atoms with E-state index in [9.17, 15) is 4.79 Å². The van der Waals surface area contributed by atoms with Crippen LogP contribution < -0.4 is 4.90 Å². The van der Waals surface area contributed by atoms with Crippen LogP contribution >= 0.6 is 0 Å². The van der Waals surface area contributed by atoms with Crippen molar-refractivity contribution in [3.05, 3.63) is 42.5 Å². The average molecular weight is 366 g/mol. The minimum Gasteiger partial charge on any atom is -0.461 e. The molecular formula is C21H26N4O2. The molecule has 6 heteroatoms. The number of cyclic esters (lactones) is 1. The summed E-state index contributed by atoms with van der Waals surface area (Å²) < 4.78 is 5.64. The van der Waals surface area contributed by atoms with Gasteiger partial charge in [-0.15, -0.1) is 10.2 Å². The van der Waals surface area contributed by atoms with Crippen molar-refractivity contribution in [3.63, 3.8) is 0 Å². The number of ether oxygens (including phenoxy) is 1. The molecule has 1 atom stereocenters. The van der Waals surface area contributed by atoms with Crippen LogP contribution in [0.25, 0.3) is 11.3 Å². The lowest BCUT2D eigenvalue weighted by molar-refractivity contribution is -0.150. The highest BCUT2D eigenvalue weighted by atomic mass is 16.6. The number of benzene rings is 1. The van der Waals surface area contributed by atoms with Crippen molar-refractivity contribution >= 4 is 11.8 Å². The number of carbonyl (C=O) groups excluding carboxylic acids is 1. The summed E-state index contributed by atoms with van der Waals surface area (Å²) in [5.41, 5.74) is 1.63. The number of anilines is 1. The number of aromatic nitrogens is 2. The third kappa shape index (κ3) is 3.67. The maximum Gasteiger partial charge on any atom is 0.312 e. The quantitative estimate of drug-likeness (QED) is 0.776. The number of piperidine rings is 1. The number of carbonyl (C=O) groups is 1. The summed E-state index contributed by atoms with van der Waals surface area (Å²) in [6.45, 7) is 2.41. The van der Waals surface area contributed by atoms with Gasteiger partial charge in [-0.3, -0.25) is 4.79 Å². The number of rotatable bonds is 4. The molecule has 1 aromatic carbocycles. The van der Waals surface area contributed by atoms with Gasteiger partial charge in [0.15, 0.2) is 5.82 Å². The van der Waals surface area contributed by atoms with E-state index < -0.39 is 0 Å². The molecule has 0 radical (unpaired) electrons. The Morgan fingerprint density at radius 3 is 2.48 bits per heavy atom. The Bertz CT molecular complexity index is 784.